The smallest absolute Gasteiger partial charge is 0.212 e. The van der Waals surface area contributed by atoms with Crippen LogP contribution in [-0.2, 0) is 10.0 Å². The van der Waals surface area contributed by atoms with E-state index >= 15 is 0 Å². The van der Waals surface area contributed by atoms with Crippen molar-refractivity contribution < 1.29 is 8.42 Å². The number of sulfonamides is 1. The molecule has 0 atom stereocenters. The largest absolute Gasteiger partial charge is 0.316 e. The second-order valence-corrected chi connectivity index (χ2v) is 6.79. The van der Waals surface area contributed by atoms with Gasteiger partial charge in [-0.15, -0.1) is 0 Å². The van der Waals surface area contributed by atoms with Gasteiger partial charge in [0, 0.05) is 13.1 Å². The molecule has 17 heavy (non-hydrogen) atoms. The second-order valence-electron chi connectivity index (χ2n) is 4.86. The van der Waals surface area contributed by atoms with Gasteiger partial charge in [0.1, 0.15) is 0 Å². The van der Waals surface area contributed by atoms with Crippen LogP contribution in [0.5, 0.6) is 0 Å². The van der Waals surface area contributed by atoms with E-state index in [-0.39, 0.29) is 5.75 Å². The molecule has 0 aliphatic heterocycles. The molecular formula is C12H26N2O2S. The van der Waals surface area contributed by atoms with Crippen LogP contribution in [0, 0.1) is 5.92 Å². The summed E-state index contributed by atoms with van der Waals surface area (Å²) in [5, 5.41) is 3.23. The molecule has 0 unspecified atom stereocenters. The van der Waals surface area contributed by atoms with Gasteiger partial charge in [-0.25, -0.2) is 13.1 Å². The van der Waals surface area contributed by atoms with Crippen LogP contribution in [-0.4, -0.2) is 33.8 Å². The summed E-state index contributed by atoms with van der Waals surface area (Å²) in [6.45, 7) is 3.78. The van der Waals surface area contributed by atoms with Crippen molar-refractivity contribution >= 4 is 10.0 Å². The van der Waals surface area contributed by atoms with Gasteiger partial charge in [0.2, 0.25) is 10.0 Å². The Morgan fingerprint density at radius 3 is 2.47 bits per heavy atom. The highest BCUT2D eigenvalue weighted by atomic mass is 32.2. The van der Waals surface area contributed by atoms with Crippen LogP contribution in [0.25, 0.3) is 0 Å². The Hall–Kier alpha value is -0.130. The van der Waals surface area contributed by atoms with Gasteiger partial charge < -0.3 is 5.32 Å². The average Bonchev–Trinajstić information content (AvgIpc) is 2.30. The van der Waals surface area contributed by atoms with Crippen molar-refractivity contribution in [2.45, 2.75) is 45.4 Å². The molecule has 0 saturated heterocycles. The topological polar surface area (TPSA) is 58.2 Å². The van der Waals surface area contributed by atoms with Crippen LogP contribution in [0.3, 0.4) is 0 Å². The van der Waals surface area contributed by atoms with Gasteiger partial charge in [-0.05, 0) is 18.9 Å². The maximum atomic E-state index is 11.3. The molecule has 0 aromatic heterocycles. The van der Waals surface area contributed by atoms with Gasteiger partial charge in [-0.1, -0.05) is 39.0 Å². The predicted molar refractivity (Wildman–Crippen MR) is 71.5 cm³/mol. The SMILES string of the molecule is CCNS(=O)(=O)CCNCCC1CCCCC1. The lowest BCUT2D eigenvalue weighted by Gasteiger charge is -2.21. The van der Waals surface area contributed by atoms with E-state index in [1.807, 2.05) is 0 Å². The molecule has 5 heteroatoms. The van der Waals surface area contributed by atoms with E-state index in [0.717, 1.165) is 12.5 Å². The Bertz CT molecular complexity index is 285. The molecular weight excluding hydrogens is 236 g/mol. The molecule has 0 radical (unpaired) electrons. The minimum absolute atomic E-state index is 0.186. The van der Waals surface area contributed by atoms with Gasteiger partial charge in [-0.2, -0.15) is 0 Å². The zero-order chi connectivity index (χ0) is 12.6. The first-order valence-electron chi connectivity index (χ1n) is 6.82. The molecule has 0 spiro atoms. The van der Waals surface area contributed by atoms with Crippen molar-refractivity contribution in [3.8, 4) is 0 Å². The van der Waals surface area contributed by atoms with E-state index in [1.165, 1.54) is 38.5 Å². The van der Waals surface area contributed by atoms with Crippen LogP contribution < -0.4 is 10.0 Å². The van der Waals surface area contributed by atoms with E-state index in [2.05, 4.69) is 10.0 Å². The first-order valence-corrected chi connectivity index (χ1v) is 8.47. The summed E-state index contributed by atoms with van der Waals surface area (Å²) < 4.78 is 25.2. The van der Waals surface area contributed by atoms with Crippen molar-refractivity contribution in [3.63, 3.8) is 0 Å². The van der Waals surface area contributed by atoms with Crippen molar-refractivity contribution in [3.05, 3.63) is 0 Å². The molecule has 4 nitrogen and oxygen atoms in total. The number of hydrogen-bond acceptors (Lipinski definition) is 3. The third-order valence-corrected chi connectivity index (χ3v) is 4.84. The van der Waals surface area contributed by atoms with E-state index in [9.17, 15) is 8.42 Å². The summed E-state index contributed by atoms with van der Waals surface area (Å²) in [6.07, 6.45) is 8.06. The van der Waals surface area contributed by atoms with Crippen LogP contribution >= 0.6 is 0 Å². The van der Waals surface area contributed by atoms with Crippen LogP contribution in [0.4, 0.5) is 0 Å². The zero-order valence-electron chi connectivity index (χ0n) is 10.9. The third kappa shape index (κ3) is 7.01. The monoisotopic (exact) mass is 262 g/mol. The van der Waals surface area contributed by atoms with Crippen molar-refractivity contribution in [1.82, 2.24) is 10.0 Å². The summed E-state index contributed by atoms with van der Waals surface area (Å²) in [5.41, 5.74) is 0. The molecule has 0 bridgehead atoms. The second kappa shape index (κ2) is 8.06. The standard InChI is InChI=1S/C12H26N2O2S/c1-2-14-17(15,16)11-10-13-9-8-12-6-4-3-5-7-12/h12-14H,2-11H2,1H3. The molecule has 1 aliphatic rings. The quantitative estimate of drug-likeness (QED) is 0.652. The third-order valence-electron chi connectivity index (χ3n) is 3.37. The van der Waals surface area contributed by atoms with Gasteiger partial charge in [-0.3, -0.25) is 0 Å². The van der Waals surface area contributed by atoms with Crippen LogP contribution in [0.15, 0.2) is 0 Å². The van der Waals surface area contributed by atoms with E-state index in [4.69, 9.17) is 0 Å². The molecule has 102 valence electrons. The molecule has 0 aromatic rings. The fraction of sp³-hybridized carbons (Fsp3) is 1.00. The van der Waals surface area contributed by atoms with Gasteiger partial charge in [0.05, 0.1) is 5.75 Å². The lowest BCUT2D eigenvalue weighted by molar-refractivity contribution is 0.335. The van der Waals surface area contributed by atoms with Crippen molar-refractivity contribution in [2.24, 2.45) is 5.92 Å². The number of hydrogen-bond donors (Lipinski definition) is 2. The molecule has 0 aromatic carbocycles. The lowest BCUT2D eigenvalue weighted by Crippen LogP contribution is -2.32. The number of nitrogens with one attached hydrogen (secondary N) is 2. The minimum atomic E-state index is -3.05. The molecule has 1 fully saturated rings. The summed E-state index contributed by atoms with van der Waals surface area (Å²) in [7, 11) is -3.05. The highest BCUT2D eigenvalue weighted by Crippen LogP contribution is 2.25. The number of rotatable bonds is 8. The Morgan fingerprint density at radius 1 is 1.12 bits per heavy atom. The molecule has 0 heterocycles. The van der Waals surface area contributed by atoms with Gasteiger partial charge in [0.15, 0.2) is 0 Å². The molecule has 1 rings (SSSR count). The summed E-state index contributed by atoms with van der Waals surface area (Å²) in [5.74, 6) is 1.05. The minimum Gasteiger partial charge on any atom is -0.316 e. The zero-order valence-corrected chi connectivity index (χ0v) is 11.7. The predicted octanol–water partition coefficient (Wildman–Crippen LogP) is 1.49. The van der Waals surface area contributed by atoms with Crippen molar-refractivity contribution in [2.75, 3.05) is 25.4 Å². The summed E-state index contributed by atoms with van der Waals surface area (Å²) >= 11 is 0. The fourth-order valence-corrected chi connectivity index (χ4v) is 3.40. The van der Waals surface area contributed by atoms with Crippen LogP contribution in [0.1, 0.15) is 45.4 Å². The first-order chi connectivity index (χ1) is 8.14. The molecule has 1 saturated carbocycles. The fourth-order valence-electron chi connectivity index (χ4n) is 2.41. The normalized spacial score (nSPS) is 18.4. The lowest BCUT2D eigenvalue weighted by atomic mass is 9.87. The average molecular weight is 262 g/mol. The highest BCUT2D eigenvalue weighted by molar-refractivity contribution is 7.89. The van der Waals surface area contributed by atoms with Gasteiger partial charge >= 0.3 is 0 Å². The Morgan fingerprint density at radius 2 is 1.82 bits per heavy atom. The van der Waals surface area contributed by atoms with Gasteiger partial charge in [0.25, 0.3) is 0 Å². The maximum Gasteiger partial charge on any atom is 0.212 e. The Labute approximate surface area is 106 Å². The summed E-state index contributed by atoms with van der Waals surface area (Å²) in [6, 6.07) is 0. The van der Waals surface area contributed by atoms with E-state index in [1.54, 1.807) is 6.92 Å². The Balaban J connectivity index is 2.00. The highest BCUT2D eigenvalue weighted by Gasteiger charge is 2.13. The molecule has 1 aliphatic carbocycles. The van der Waals surface area contributed by atoms with Crippen molar-refractivity contribution in [1.29, 1.82) is 0 Å². The van der Waals surface area contributed by atoms with E-state index < -0.39 is 10.0 Å². The van der Waals surface area contributed by atoms with Crippen LogP contribution in [0.2, 0.25) is 0 Å². The Kier molecular flexibility index (Phi) is 7.08. The first kappa shape index (κ1) is 14.9. The van der Waals surface area contributed by atoms with E-state index in [0.29, 0.717) is 13.1 Å². The summed E-state index contributed by atoms with van der Waals surface area (Å²) in [4.78, 5) is 0. The molecule has 2 N–H and O–H groups in total. The maximum absolute atomic E-state index is 11.3. The molecule has 0 amide bonds.